The van der Waals surface area contributed by atoms with E-state index < -0.39 is 0 Å². The molecule has 3 heteroatoms. The fourth-order valence-electron chi connectivity index (χ4n) is 0.789. The maximum Gasteiger partial charge on any atom is 0.215 e. The van der Waals surface area contributed by atoms with Gasteiger partial charge < -0.3 is 9.47 Å². The van der Waals surface area contributed by atoms with E-state index in [1.54, 1.807) is 12.1 Å². The molecule has 65 valence electrons. The summed E-state index contributed by atoms with van der Waals surface area (Å²) in [6.45, 7) is 4.34. The Kier molecular flexibility index (Phi) is 5.68. The largest absolute Gasteiger partial charge is 0.516 e. The van der Waals surface area contributed by atoms with Crippen molar-refractivity contribution in [2.24, 2.45) is 0 Å². The Hall–Kier alpha value is -0.596. The van der Waals surface area contributed by atoms with Gasteiger partial charge in [-0.05, 0) is 0 Å². The number of benzene rings is 1. The van der Waals surface area contributed by atoms with Crippen LogP contribution in [0.5, 0.6) is 11.5 Å². The Bertz CT molecular complexity index is 203. The molecule has 0 fully saturated rings. The molecule has 1 aliphatic rings. The molecule has 0 aromatic heterocycles. The van der Waals surface area contributed by atoms with E-state index in [1.807, 2.05) is 19.9 Å². The van der Waals surface area contributed by atoms with Crippen LogP contribution in [0, 0.1) is 6.07 Å². The van der Waals surface area contributed by atoms with Crippen molar-refractivity contribution in [2.75, 3.05) is 6.79 Å². The molecule has 1 aliphatic heterocycles. The Morgan fingerprint density at radius 1 is 1.25 bits per heavy atom. The van der Waals surface area contributed by atoms with Crippen molar-refractivity contribution in [1.29, 1.82) is 0 Å². The Balaban J connectivity index is 0.000000378. The van der Waals surface area contributed by atoms with Crippen molar-refractivity contribution >= 4 is 0 Å². The quantitative estimate of drug-likeness (QED) is 0.600. The maximum atomic E-state index is 5.06. The van der Waals surface area contributed by atoms with Gasteiger partial charge >= 0.3 is 0 Å². The van der Waals surface area contributed by atoms with Gasteiger partial charge in [0.25, 0.3) is 0 Å². The van der Waals surface area contributed by atoms with Crippen LogP contribution in [0.4, 0.5) is 0 Å². The van der Waals surface area contributed by atoms with Crippen LogP contribution in [0.2, 0.25) is 0 Å². The standard InChI is InChI=1S/C7H5O2.C2H6.V/c1-2-4-7-6(3-1)8-5-9-7;1-2;/h1,3-4H,5H2;1-2H3;/q-1;;. The van der Waals surface area contributed by atoms with E-state index >= 15 is 0 Å². The third-order valence-electron chi connectivity index (χ3n) is 1.22. The first-order valence-corrected chi connectivity index (χ1v) is 3.72. The molecule has 0 aliphatic carbocycles. The molecule has 0 bridgehead atoms. The Morgan fingerprint density at radius 3 is 2.58 bits per heavy atom. The van der Waals surface area contributed by atoms with E-state index in [9.17, 15) is 0 Å². The maximum absolute atomic E-state index is 5.06. The van der Waals surface area contributed by atoms with Crippen molar-refractivity contribution in [3.8, 4) is 11.5 Å². The summed E-state index contributed by atoms with van der Waals surface area (Å²) >= 11 is 0. The van der Waals surface area contributed by atoms with E-state index in [-0.39, 0.29) is 18.6 Å². The van der Waals surface area contributed by atoms with Gasteiger partial charge in [0.1, 0.15) is 0 Å². The van der Waals surface area contributed by atoms with Gasteiger partial charge in [-0.25, -0.2) is 0 Å². The molecule has 1 heterocycles. The summed E-state index contributed by atoms with van der Waals surface area (Å²) in [6, 6.07) is 8.29. The molecular weight excluding hydrogens is 191 g/mol. The molecular formula is C9H11O2V-. The molecule has 0 amide bonds. The van der Waals surface area contributed by atoms with Crippen LogP contribution in [-0.4, -0.2) is 6.79 Å². The van der Waals surface area contributed by atoms with Crippen LogP contribution >= 0.6 is 0 Å². The number of rotatable bonds is 0. The summed E-state index contributed by atoms with van der Waals surface area (Å²) in [5, 5.41) is 0. The third-order valence-corrected chi connectivity index (χ3v) is 1.22. The number of ether oxygens (including phenoxy) is 2. The predicted octanol–water partition coefficient (Wildman–Crippen LogP) is 2.24. The van der Waals surface area contributed by atoms with Gasteiger partial charge in [-0.15, -0.1) is 12.1 Å². The Labute approximate surface area is 84.8 Å². The molecule has 1 radical (unpaired) electrons. The van der Waals surface area contributed by atoms with Gasteiger partial charge in [0.15, 0.2) is 0 Å². The zero-order valence-corrected chi connectivity index (χ0v) is 8.60. The van der Waals surface area contributed by atoms with Crippen molar-refractivity contribution in [2.45, 2.75) is 13.8 Å². The minimum atomic E-state index is 0. The molecule has 12 heavy (non-hydrogen) atoms. The zero-order valence-electron chi connectivity index (χ0n) is 7.20. The monoisotopic (exact) mass is 202 g/mol. The smallest absolute Gasteiger partial charge is 0.215 e. The molecule has 2 nitrogen and oxygen atoms in total. The van der Waals surface area contributed by atoms with E-state index in [2.05, 4.69) is 6.07 Å². The van der Waals surface area contributed by atoms with Crippen molar-refractivity contribution in [3.05, 3.63) is 24.3 Å². The van der Waals surface area contributed by atoms with Crippen LogP contribution in [0.3, 0.4) is 0 Å². The van der Waals surface area contributed by atoms with E-state index in [0.29, 0.717) is 6.79 Å². The summed E-state index contributed by atoms with van der Waals surface area (Å²) in [5.74, 6) is 1.60. The molecule has 1 aromatic rings. The second kappa shape index (κ2) is 5.98. The average Bonchev–Trinajstić information content (AvgIpc) is 2.55. The van der Waals surface area contributed by atoms with Gasteiger partial charge in [-0.3, -0.25) is 0 Å². The van der Waals surface area contributed by atoms with Crippen molar-refractivity contribution in [3.63, 3.8) is 0 Å². The fraction of sp³-hybridized carbons (Fsp3) is 0.333. The average molecular weight is 202 g/mol. The molecule has 0 saturated carbocycles. The van der Waals surface area contributed by atoms with Crippen LogP contribution in [0.15, 0.2) is 18.2 Å². The summed E-state index contributed by atoms with van der Waals surface area (Å²) in [4.78, 5) is 0. The van der Waals surface area contributed by atoms with Gasteiger partial charge in [-0.1, -0.05) is 13.8 Å². The van der Waals surface area contributed by atoms with E-state index in [0.717, 1.165) is 11.5 Å². The van der Waals surface area contributed by atoms with Gasteiger partial charge in [-0.2, -0.15) is 12.1 Å². The minimum Gasteiger partial charge on any atom is -0.516 e. The third kappa shape index (κ3) is 2.47. The van der Waals surface area contributed by atoms with Gasteiger partial charge in [0, 0.05) is 18.6 Å². The van der Waals surface area contributed by atoms with Crippen molar-refractivity contribution < 1.29 is 28.0 Å². The molecule has 0 saturated heterocycles. The number of hydrogen-bond acceptors (Lipinski definition) is 2. The van der Waals surface area contributed by atoms with Crippen LogP contribution in [-0.2, 0) is 18.6 Å². The molecule has 1 aromatic carbocycles. The van der Waals surface area contributed by atoms with Crippen molar-refractivity contribution in [1.82, 2.24) is 0 Å². The topological polar surface area (TPSA) is 18.5 Å². The molecule has 2 rings (SSSR count). The zero-order chi connectivity index (χ0) is 8.10. The molecule has 0 spiro atoms. The second-order valence-electron chi connectivity index (χ2n) is 1.78. The van der Waals surface area contributed by atoms with E-state index in [1.165, 1.54) is 0 Å². The van der Waals surface area contributed by atoms with E-state index in [4.69, 9.17) is 9.47 Å². The summed E-state index contributed by atoms with van der Waals surface area (Å²) in [7, 11) is 0. The van der Waals surface area contributed by atoms with Crippen LogP contribution in [0.1, 0.15) is 13.8 Å². The first-order chi connectivity index (χ1) is 5.47. The van der Waals surface area contributed by atoms with Gasteiger partial charge in [0.2, 0.25) is 6.79 Å². The molecule has 0 unspecified atom stereocenters. The van der Waals surface area contributed by atoms with Gasteiger partial charge in [0.05, 0.1) is 11.5 Å². The van der Waals surface area contributed by atoms with Crippen LogP contribution < -0.4 is 9.47 Å². The summed E-state index contributed by atoms with van der Waals surface area (Å²) in [5.41, 5.74) is 0. The number of fused-ring (bicyclic) bond motifs is 1. The minimum absolute atomic E-state index is 0. The number of hydrogen-bond donors (Lipinski definition) is 0. The van der Waals surface area contributed by atoms with Crippen LogP contribution in [0.25, 0.3) is 0 Å². The summed E-state index contributed by atoms with van der Waals surface area (Å²) in [6.07, 6.45) is 0. The molecule has 0 N–H and O–H groups in total. The first-order valence-electron chi connectivity index (χ1n) is 3.72. The fourth-order valence-corrected chi connectivity index (χ4v) is 0.789. The Morgan fingerprint density at radius 2 is 1.92 bits per heavy atom. The first kappa shape index (κ1) is 11.4. The SMILES string of the molecule is CC.[V].[c-]1ccc2c(c1)OCO2. The second-order valence-corrected chi connectivity index (χ2v) is 1.78. The molecule has 0 atom stereocenters. The normalized spacial score (nSPS) is 10.8. The predicted molar refractivity (Wildman–Crippen MR) is 42.7 cm³/mol. The summed E-state index contributed by atoms with van der Waals surface area (Å²) < 4.78 is 10.1.